The van der Waals surface area contributed by atoms with Gasteiger partial charge in [0.05, 0.1) is 0 Å². The third kappa shape index (κ3) is 4.65. The minimum absolute atomic E-state index is 0.464. The molecule has 0 spiro atoms. The van der Waals surface area contributed by atoms with Crippen LogP contribution in [0.4, 0.5) is 5.69 Å². The van der Waals surface area contributed by atoms with Gasteiger partial charge in [0.15, 0.2) is 0 Å². The molecule has 2 N–H and O–H groups in total. The Morgan fingerprint density at radius 1 is 0.929 bits per heavy atom. The Balaban J connectivity index is 0.000000140. The predicted molar refractivity (Wildman–Crippen MR) is 58.9 cm³/mol. The molecule has 0 aliphatic heterocycles. The molecule has 0 atom stereocenters. The SMILES string of the molecule is Nc1ccccc1.O=C1CCCCC1. The maximum absolute atomic E-state index is 10.5. The third-order valence-electron chi connectivity index (χ3n) is 2.21. The number of nitrogens with two attached hydrogens (primary N) is 1. The minimum atomic E-state index is 0.464. The van der Waals surface area contributed by atoms with E-state index >= 15 is 0 Å². The summed E-state index contributed by atoms with van der Waals surface area (Å²) in [6, 6.07) is 9.49. The summed E-state index contributed by atoms with van der Waals surface area (Å²) in [5.41, 5.74) is 6.18. The van der Waals surface area contributed by atoms with Crippen molar-refractivity contribution in [1.82, 2.24) is 0 Å². The van der Waals surface area contributed by atoms with Gasteiger partial charge in [-0.05, 0) is 25.0 Å². The zero-order chi connectivity index (χ0) is 10.2. The van der Waals surface area contributed by atoms with Crippen molar-refractivity contribution >= 4 is 11.5 Å². The molecule has 0 heterocycles. The molecular weight excluding hydrogens is 174 g/mol. The van der Waals surface area contributed by atoms with E-state index in [1.807, 2.05) is 30.3 Å². The van der Waals surface area contributed by atoms with Gasteiger partial charge in [0, 0.05) is 18.5 Å². The molecule has 1 saturated carbocycles. The minimum Gasteiger partial charge on any atom is -0.399 e. The van der Waals surface area contributed by atoms with E-state index in [1.54, 1.807) is 0 Å². The number of carbonyl (C=O) groups is 1. The molecule has 2 nitrogen and oxygen atoms in total. The van der Waals surface area contributed by atoms with Crippen LogP contribution in [-0.4, -0.2) is 5.78 Å². The Morgan fingerprint density at radius 3 is 1.79 bits per heavy atom. The van der Waals surface area contributed by atoms with Crippen LogP contribution in [0.5, 0.6) is 0 Å². The van der Waals surface area contributed by atoms with Crippen LogP contribution in [0.25, 0.3) is 0 Å². The monoisotopic (exact) mass is 191 g/mol. The highest BCUT2D eigenvalue weighted by molar-refractivity contribution is 5.78. The van der Waals surface area contributed by atoms with Crippen LogP contribution in [0, 0.1) is 0 Å². The smallest absolute Gasteiger partial charge is 0.132 e. The molecule has 0 radical (unpaired) electrons. The highest BCUT2D eigenvalue weighted by atomic mass is 16.1. The average molecular weight is 191 g/mol. The number of ketones is 1. The molecule has 14 heavy (non-hydrogen) atoms. The van der Waals surface area contributed by atoms with Gasteiger partial charge in [-0.1, -0.05) is 24.6 Å². The van der Waals surface area contributed by atoms with Gasteiger partial charge < -0.3 is 5.73 Å². The van der Waals surface area contributed by atoms with E-state index in [1.165, 1.54) is 6.42 Å². The number of nitrogen functional groups attached to an aromatic ring is 1. The van der Waals surface area contributed by atoms with Crippen LogP contribution in [-0.2, 0) is 4.79 Å². The average Bonchev–Trinajstić information content (AvgIpc) is 2.21. The fourth-order valence-electron chi connectivity index (χ4n) is 1.40. The molecular formula is C12H17NO. The van der Waals surface area contributed by atoms with Gasteiger partial charge in [-0.25, -0.2) is 0 Å². The number of Topliss-reactive ketones (excluding diaryl/α,β-unsaturated/α-hetero) is 1. The van der Waals surface area contributed by atoms with E-state index in [0.717, 1.165) is 31.4 Å². The quantitative estimate of drug-likeness (QED) is 0.641. The van der Waals surface area contributed by atoms with Gasteiger partial charge in [-0.15, -0.1) is 0 Å². The molecule has 0 amide bonds. The number of carbonyl (C=O) groups excluding carboxylic acids is 1. The van der Waals surface area contributed by atoms with Crippen LogP contribution < -0.4 is 5.73 Å². The fraction of sp³-hybridized carbons (Fsp3) is 0.417. The highest BCUT2D eigenvalue weighted by Crippen LogP contribution is 2.12. The summed E-state index contributed by atoms with van der Waals surface area (Å²) < 4.78 is 0. The number of anilines is 1. The van der Waals surface area contributed by atoms with Crippen LogP contribution in [0.15, 0.2) is 30.3 Å². The Bertz CT molecular complexity index is 261. The van der Waals surface area contributed by atoms with Crippen molar-refractivity contribution in [3.8, 4) is 0 Å². The van der Waals surface area contributed by atoms with E-state index in [2.05, 4.69) is 0 Å². The summed E-state index contributed by atoms with van der Waals surface area (Å²) in [6.07, 6.45) is 5.24. The molecule has 1 aliphatic carbocycles. The second kappa shape index (κ2) is 6.19. The van der Waals surface area contributed by atoms with Crippen molar-refractivity contribution in [2.24, 2.45) is 0 Å². The fourth-order valence-corrected chi connectivity index (χ4v) is 1.40. The first-order valence-corrected chi connectivity index (χ1v) is 5.11. The Kier molecular flexibility index (Phi) is 4.76. The van der Waals surface area contributed by atoms with E-state index in [4.69, 9.17) is 5.73 Å². The molecule has 2 rings (SSSR count). The summed E-state index contributed by atoms with van der Waals surface area (Å²) in [7, 11) is 0. The number of para-hydroxylation sites is 1. The number of hydrogen-bond acceptors (Lipinski definition) is 2. The normalized spacial score (nSPS) is 15.6. The lowest BCUT2D eigenvalue weighted by Gasteiger charge is -2.05. The van der Waals surface area contributed by atoms with Crippen LogP contribution >= 0.6 is 0 Å². The molecule has 1 aromatic rings. The second-order valence-electron chi connectivity index (χ2n) is 3.51. The van der Waals surface area contributed by atoms with Crippen molar-refractivity contribution in [2.75, 3.05) is 5.73 Å². The zero-order valence-corrected chi connectivity index (χ0v) is 8.41. The zero-order valence-electron chi connectivity index (χ0n) is 8.41. The Morgan fingerprint density at radius 2 is 1.50 bits per heavy atom. The van der Waals surface area contributed by atoms with Crippen LogP contribution in [0.2, 0.25) is 0 Å². The van der Waals surface area contributed by atoms with Crippen molar-refractivity contribution in [1.29, 1.82) is 0 Å². The van der Waals surface area contributed by atoms with Gasteiger partial charge >= 0.3 is 0 Å². The lowest BCUT2D eigenvalue weighted by molar-refractivity contribution is -0.120. The number of rotatable bonds is 0. The molecule has 2 heteroatoms. The first-order chi connectivity index (χ1) is 6.79. The summed E-state index contributed by atoms with van der Waals surface area (Å²) in [5, 5.41) is 0. The van der Waals surface area contributed by atoms with Gasteiger partial charge in [-0.3, -0.25) is 4.79 Å². The largest absolute Gasteiger partial charge is 0.399 e. The third-order valence-corrected chi connectivity index (χ3v) is 2.21. The molecule has 1 fully saturated rings. The topological polar surface area (TPSA) is 43.1 Å². The Hall–Kier alpha value is -1.31. The molecule has 1 aromatic carbocycles. The van der Waals surface area contributed by atoms with Crippen molar-refractivity contribution in [3.63, 3.8) is 0 Å². The van der Waals surface area contributed by atoms with Crippen molar-refractivity contribution in [2.45, 2.75) is 32.1 Å². The van der Waals surface area contributed by atoms with E-state index in [-0.39, 0.29) is 0 Å². The van der Waals surface area contributed by atoms with E-state index < -0.39 is 0 Å². The standard InChI is InChI=1S/C6H7N.C6H10O/c2*7-6-4-2-1-3-5-6/h1-5H,7H2;1-5H2. The lowest BCUT2D eigenvalue weighted by Crippen LogP contribution is -2.02. The first kappa shape index (κ1) is 10.8. The van der Waals surface area contributed by atoms with Crippen molar-refractivity contribution in [3.05, 3.63) is 30.3 Å². The van der Waals surface area contributed by atoms with Gasteiger partial charge in [0.1, 0.15) is 5.78 Å². The molecule has 76 valence electrons. The molecule has 0 saturated heterocycles. The summed E-state index contributed by atoms with van der Waals surface area (Å²) >= 11 is 0. The van der Waals surface area contributed by atoms with Crippen molar-refractivity contribution < 1.29 is 4.79 Å². The highest BCUT2D eigenvalue weighted by Gasteiger charge is 2.05. The predicted octanol–water partition coefficient (Wildman–Crippen LogP) is 2.79. The molecule has 0 aromatic heterocycles. The van der Waals surface area contributed by atoms with E-state index in [9.17, 15) is 4.79 Å². The van der Waals surface area contributed by atoms with Crippen LogP contribution in [0.1, 0.15) is 32.1 Å². The summed E-state index contributed by atoms with van der Waals surface area (Å²) in [5.74, 6) is 0.464. The van der Waals surface area contributed by atoms with Gasteiger partial charge in [-0.2, -0.15) is 0 Å². The van der Waals surface area contributed by atoms with E-state index in [0.29, 0.717) is 5.78 Å². The molecule has 0 bridgehead atoms. The molecule has 1 aliphatic rings. The summed E-state index contributed by atoms with van der Waals surface area (Å²) in [4.78, 5) is 10.5. The lowest BCUT2D eigenvalue weighted by atomic mass is 10.00. The number of benzene rings is 1. The van der Waals surface area contributed by atoms with Gasteiger partial charge in [0.25, 0.3) is 0 Å². The first-order valence-electron chi connectivity index (χ1n) is 5.11. The maximum Gasteiger partial charge on any atom is 0.132 e. The Labute approximate surface area is 85.1 Å². The number of hydrogen-bond donors (Lipinski definition) is 1. The van der Waals surface area contributed by atoms with Gasteiger partial charge in [0.2, 0.25) is 0 Å². The summed E-state index contributed by atoms with van der Waals surface area (Å²) in [6.45, 7) is 0. The second-order valence-corrected chi connectivity index (χ2v) is 3.51. The maximum atomic E-state index is 10.5. The van der Waals surface area contributed by atoms with Crippen LogP contribution in [0.3, 0.4) is 0 Å². The molecule has 0 unspecified atom stereocenters.